The van der Waals surface area contributed by atoms with E-state index in [4.69, 9.17) is 15.7 Å². The fourth-order valence-corrected chi connectivity index (χ4v) is 1.94. The second-order valence-electron chi connectivity index (χ2n) is 5.16. The Balaban J connectivity index is 2.52. The zero-order valence-electron chi connectivity index (χ0n) is 12.7. The molecule has 1 aromatic carbocycles. The highest BCUT2D eigenvalue weighted by Crippen LogP contribution is 2.12. The van der Waals surface area contributed by atoms with Crippen LogP contribution in [0, 0.1) is 5.92 Å². The first kappa shape index (κ1) is 16.8. The molecule has 0 spiro atoms. The molecule has 4 N–H and O–H groups in total. The van der Waals surface area contributed by atoms with E-state index in [9.17, 15) is 4.79 Å². The Morgan fingerprint density at radius 3 is 2.48 bits per heavy atom. The fraction of sp³-hybridized carbons (Fsp3) is 0.467. The van der Waals surface area contributed by atoms with Crippen molar-refractivity contribution in [1.82, 2.24) is 5.32 Å². The summed E-state index contributed by atoms with van der Waals surface area (Å²) >= 11 is 0. The number of nitrogens with zero attached hydrogens (tertiary/aromatic N) is 1. The number of ether oxygens (including phenoxy) is 1. The smallest absolute Gasteiger partial charge is 0.220 e. The highest BCUT2D eigenvalue weighted by atomic mass is 16.5. The van der Waals surface area contributed by atoms with Crippen molar-refractivity contribution < 1.29 is 14.7 Å². The van der Waals surface area contributed by atoms with Crippen LogP contribution in [-0.2, 0) is 11.2 Å². The molecule has 1 amide bonds. The molecule has 0 bridgehead atoms. The zero-order chi connectivity index (χ0) is 15.8. The van der Waals surface area contributed by atoms with Crippen molar-refractivity contribution in [2.24, 2.45) is 16.8 Å². The Labute approximate surface area is 125 Å². The number of aryl methyl sites for hydroxylation is 1. The number of hydrogen-bond acceptors (Lipinski definition) is 4. The Morgan fingerprint density at radius 1 is 1.38 bits per heavy atom. The number of methoxy groups -OCH3 is 1. The van der Waals surface area contributed by atoms with Crippen molar-refractivity contribution in [3.63, 3.8) is 0 Å². The summed E-state index contributed by atoms with van der Waals surface area (Å²) in [6, 6.07) is 7.12. The summed E-state index contributed by atoms with van der Waals surface area (Å²) in [7, 11) is 1.61. The number of hydrogen-bond donors (Lipinski definition) is 3. The van der Waals surface area contributed by atoms with Gasteiger partial charge in [0.05, 0.1) is 13.2 Å². The van der Waals surface area contributed by atoms with Gasteiger partial charge < -0.3 is 21.0 Å². The Kier molecular flexibility index (Phi) is 6.52. The molecule has 6 nitrogen and oxygen atoms in total. The van der Waals surface area contributed by atoms with Gasteiger partial charge in [-0.15, -0.1) is 0 Å². The van der Waals surface area contributed by atoms with Crippen LogP contribution in [0.1, 0.15) is 25.8 Å². The number of carbonyl (C=O) groups excluding carboxylic acids is 1. The van der Waals surface area contributed by atoms with Crippen LogP contribution in [0.5, 0.6) is 5.75 Å². The van der Waals surface area contributed by atoms with Crippen LogP contribution < -0.4 is 15.8 Å². The largest absolute Gasteiger partial charge is 0.497 e. The molecule has 1 rings (SSSR count). The molecule has 0 aromatic heterocycles. The average molecular weight is 293 g/mol. The molecule has 0 fully saturated rings. The van der Waals surface area contributed by atoms with E-state index in [-0.39, 0.29) is 17.7 Å². The number of amidine groups is 1. The van der Waals surface area contributed by atoms with E-state index in [0.29, 0.717) is 12.8 Å². The molecule has 1 aromatic rings. The van der Waals surface area contributed by atoms with Gasteiger partial charge in [0.25, 0.3) is 0 Å². The van der Waals surface area contributed by atoms with Crippen molar-refractivity contribution in [3.05, 3.63) is 29.8 Å². The van der Waals surface area contributed by atoms with E-state index in [0.717, 1.165) is 11.3 Å². The first-order valence-electron chi connectivity index (χ1n) is 6.87. The van der Waals surface area contributed by atoms with Crippen LogP contribution in [0.15, 0.2) is 29.4 Å². The summed E-state index contributed by atoms with van der Waals surface area (Å²) in [6.07, 6.45) is 0.963. The lowest BCUT2D eigenvalue weighted by atomic mass is 10.0. The molecule has 0 aliphatic heterocycles. The summed E-state index contributed by atoms with van der Waals surface area (Å²) in [5.41, 5.74) is 6.63. The number of carbonyl (C=O) groups is 1. The predicted octanol–water partition coefficient (Wildman–Crippen LogP) is 1.51. The molecule has 6 heteroatoms. The Bertz CT molecular complexity index is 483. The molecule has 1 atom stereocenters. The molecule has 0 saturated heterocycles. The lowest BCUT2D eigenvalue weighted by Gasteiger charge is -2.20. The molecule has 21 heavy (non-hydrogen) atoms. The van der Waals surface area contributed by atoms with Gasteiger partial charge in [-0.25, -0.2) is 0 Å². The van der Waals surface area contributed by atoms with E-state index in [1.165, 1.54) is 0 Å². The SMILES string of the molecule is COc1ccc(CCC(=O)NC(C(N)=NO)C(C)C)cc1. The van der Waals surface area contributed by atoms with Gasteiger partial charge in [0, 0.05) is 6.42 Å². The molecule has 0 aliphatic rings. The fourth-order valence-electron chi connectivity index (χ4n) is 1.94. The number of rotatable bonds is 7. The van der Waals surface area contributed by atoms with Crippen molar-refractivity contribution in [1.29, 1.82) is 0 Å². The molecule has 0 heterocycles. The summed E-state index contributed by atoms with van der Waals surface area (Å²) in [5.74, 6) is 0.722. The second kappa shape index (κ2) is 8.14. The summed E-state index contributed by atoms with van der Waals surface area (Å²) in [4.78, 5) is 11.9. The third-order valence-corrected chi connectivity index (χ3v) is 3.22. The topological polar surface area (TPSA) is 96.9 Å². The monoisotopic (exact) mass is 293 g/mol. The zero-order valence-corrected chi connectivity index (χ0v) is 12.7. The quantitative estimate of drug-likeness (QED) is 0.307. The number of nitrogens with two attached hydrogens (primary N) is 1. The van der Waals surface area contributed by atoms with Gasteiger partial charge in [0.15, 0.2) is 5.84 Å². The van der Waals surface area contributed by atoms with Crippen molar-refractivity contribution in [2.75, 3.05) is 7.11 Å². The summed E-state index contributed by atoms with van der Waals surface area (Å²) < 4.78 is 5.08. The van der Waals surface area contributed by atoms with E-state index in [2.05, 4.69) is 10.5 Å². The first-order chi connectivity index (χ1) is 9.97. The van der Waals surface area contributed by atoms with Gasteiger partial charge in [-0.3, -0.25) is 4.79 Å². The molecular formula is C15H23N3O3. The highest BCUT2D eigenvalue weighted by molar-refractivity contribution is 5.90. The number of benzene rings is 1. The van der Waals surface area contributed by atoms with E-state index >= 15 is 0 Å². The van der Waals surface area contributed by atoms with Crippen LogP contribution in [0.25, 0.3) is 0 Å². The lowest BCUT2D eigenvalue weighted by Crippen LogP contribution is -2.47. The Morgan fingerprint density at radius 2 is 2.00 bits per heavy atom. The normalized spacial score (nSPS) is 13.0. The van der Waals surface area contributed by atoms with Crippen LogP contribution >= 0.6 is 0 Å². The van der Waals surface area contributed by atoms with Gasteiger partial charge in [0.2, 0.25) is 5.91 Å². The Hall–Kier alpha value is -2.24. The van der Waals surface area contributed by atoms with Crippen molar-refractivity contribution in [2.45, 2.75) is 32.7 Å². The van der Waals surface area contributed by atoms with Crippen LogP contribution in [0.3, 0.4) is 0 Å². The molecule has 0 radical (unpaired) electrons. The average Bonchev–Trinajstić information content (AvgIpc) is 2.50. The van der Waals surface area contributed by atoms with Crippen LogP contribution in [-0.4, -0.2) is 30.1 Å². The maximum atomic E-state index is 11.9. The van der Waals surface area contributed by atoms with Gasteiger partial charge in [-0.05, 0) is 30.0 Å². The second-order valence-corrected chi connectivity index (χ2v) is 5.16. The maximum Gasteiger partial charge on any atom is 0.220 e. The van der Waals surface area contributed by atoms with Gasteiger partial charge >= 0.3 is 0 Å². The standard InChI is InChI=1S/C15H23N3O3/c1-10(2)14(15(16)18-20)17-13(19)9-6-11-4-7-12(21-3)8-5-11/h4-5,7-8,10,14,20H,6,9H2,1-3H3,(H2,16,18)(H,17,19). The minimum Gasteiger partial charge on any atom is -0.497 e. The van der Waals surface area contributed by atoms with Crippen molar-refractivity contribution in [3.8, 4) is 5.75 Å². The minimum atomic E-state index is -0.460. The predicted molar refractivity (Wildman–Crippen MR) is 81.5 cm³/mol. The van der Waals surface area contributed by atoms with E-state index in [1.54, 1.807) is 7.11 Å². The molecule has 1 unspecified atom stereocenters. The summed E-state index contributed by atoms with van der Waals surface area (Å²) in [6.45, 7) is 3.79. The number of nitrogens with one attached hydrogen (secondary N) is 1. The van der Waals surface area contributed by atoms with Gasteiger partial charge in [-0.2, -0.15) is 0 Å². The van der Waals surface area contributed by atoms with Crippen LogP contribution in [0.4, 0.5) is 0 Å². The van der Waals surface area contributed by atoms with Gasteiger partial charge in [0.1, 0.15) is 5.75 Å². The third kappa shape index (κ3) is 5.33. The van der Waals surface area contributed by atoms with Crippen molar-refractivity contribution >= 4 is 11.7 Å². The number of amides is 1. The van der Waals surface area contributed by atoms with Crippen LogP contribution in [0.2, 0.25) is 0 Å². The number of oxime groups is 1. The maximum absolute atomic E-state index is 11.9. The molecular weight excluding hydrogens is 270 g/mol. The molecule has 116 valence electrons. The highest BCUT2D eigenvalue weighted by Gasteiger charge is 2.20. The lowest BCUT2D eigenvalue weighted by molar-refractivity contribution is -0.121. The van der Waals surface area contributed by atoms with E-state index < -0.39 is 6.04 Å². The molecule has 0 aliphatic carbocycles. The third-order valence-electron chi connectivity index (χ3n) is 3.22. The summed E-state index contributed by atoms with van der Waals surface area (Å²) in [5, 5.41) is 14.5. The van der Waals surface area contributed by atoms with Gasteiger partial charge in [-0.1, -0.05) is 31.1 Å². The minimum absolute atomic E-state index is 0.0165. The van der Waals surface area contributed by atoms with E-state index in [1.807, 2.05) is 38.1 Å². The first-order valence-corrected chi connectivity index (χ1v) is 6.87. The molecule has 0 saturated carbocycles.